The van der Waals surface area contributed by atoms with Crippen LogP contribution in [0.1, 0.15) is 0 Å². The molecule has 5 heteroatoms. The molecule has 2 nitrogen and oxygen atoms in total. The van der Waals surface area contributed by atoms with Gasteiger partial charge in [0, 0.05) is 0 Å². The first-order valence-electron chi connectivity index (χ1n) is 0.513. The van der Waals surface area contributed by atoms with Crippen molar-refractivity contribution in [1.82, 2.24) is 0 Å². The van der Waals surface area contributed by atoms with Crippen molar-refractivity contribution < 1.29 is 20.6 Å². The molecule has 0 saturated heterocycles. The predicted molar refractivity (Wildman–Crippen MR) is 13.3 cm³/mol. The molecule has 1 radical (unpaired) electrons. The third kappa shape index (κ3) is 32.9. The summed E-state index contributed by atoms with van der Waals surface area (Å²) in [4.78, 5) is 0. The van der Waals surface area contributed by atoms with Gasteiger partial charge in [0.05, 0.1) is 11.3 Å². The van der Waals surface area contributed by atoms with Crippen LogP contribution < -0.4 is 9.32 Å². The molecule has 0 aromatic carbocycles. The molecule has 0 N–H and O–H groups in total. The first kappa shape index (κ1) is 9.61. The molecule has 0 aliphatic rings. The van der Waals surface area contributed by atoms with E-state index in [1.54, 1.807) is 0 Å². The Kier molecular flexibility index (Phi) is 35.2. The van der Waals surface area contributed by atoms with Crippen molar-refractivity contribution >= 4 is 32.3 Å². The Morgan fingerprint density at radius 2 is 1.40 bits per heavy atom. The first-order valence-corrected chi connectivity index (χ1v) is 6.30. The van der Waals surface area contributed by atoms with E-state index in [0.717, 1.165) is 23.7 Å². The van der Waals surface area contributed by atoms with E-state index in [0.29, 0.717) is 0 Å². The molecule has 0 spiro atoms. The Bertz CT molecular complexity index is 13.6. The summed E-state index contributed by atoms with van der Waals surface area (Å²) in [7, 11) is 4.22. The molecule has 0 rings (SSSR count). The number of halogens is 1. The zero-order chi connectivity index (χ0) is 4.71. The number of hydrogen-bond donors (Lipinski definition) is 0. The first-order chi connectivity index (χ1) is 2.41. The van der Waals surface area contributed by atoms with Gasteiger partial charge in [-0.25, -0.2) is 0 Å². The van der Waals surface area contributed by atoms with E-state index >= 15 is 0 Å². The van der Waals surface area contributed by atoms with Crippen LogP contribution in [0.4, 0.5) is 0 Å². The van der Waals surface area contributed by atoms with Gasteiger partial charge < -0.3 is 9.32 Å². The van der Waals surface area contributed by atoms with Crippen molar-refractivity contribution in [2.75, 3.05) is 0 Å². The number of rotatable bonds is 0. The fraction of sp³-hybridized carbons (Fsp3) is 0. The van der Waals surface area contributed by atoms with Gasteiger partial charge in [-0.2, -0.15) is 0 Å². The summed E-state index contributed by atoms with van der Waals surface area (Å²) in [5.41, 5.74) is 0. The summed E-state index contributed by atoms with van der Waals surface area (Å²) in [6.45, 7) is 0. The van der Waals surface area contributed by atoms with Crippen LogP contribution >= 0.6 is 8.65 Å². The SMILES string of the molecule is [O-][Cl+][O-].[S]=[Pb+]. The standard InChI is InChI=1S/ClO2.Pb.S/c2-1-3;;/q-1;+1;. The van der Waals surface area contributed by atoms with Crippen molar-refractivity contribution in [1.29, 1.82) is 0 Å². The number of hydrogen-bond acceptors (Lipinski definition) is 3. The van der Waals surface area contributed by atoms with Crippen molar-refractivity contribution in [3.05, 3.63) is 0 Å². The minimum absolute atomic E-state index is 0.417. The van der Waals surface area contributed by atoms with Crippen LogP contribution in [0.15, 0.2) is 0 Å². The van der Waals surface area contributed by atoms with Gasteiger partial charge in [-0.1, -0.05) is 0 Å². The molecule has 0 aromatic rings. The fourth-order valence-electron chi connectivity index (χ4n) is 0. The van der Waals surface area contributed by atoms with Crippen LogP contribution in [0.25, 0.3) is 0 Å². The van der Waals surface area contributed by atoms with Gasteiger partial charge >= 0.3 is 32.3 Å². The van der Waals surface area contributed by atoms with Gasteiger partial charge in [-0.15, -0.1) is 0 Å². The van der Waals surface area contributed by atoms with Crippen LogP contribution in [0.2, 0.25) is 0 Å². The minimum atomic E-state index is -0.417. The molecule has 0 bridgehead atoms. The third-order valence-corrected chi connectivity index (χ3v) is 0. The Morgan fingerprint density at radius 1 is 1.40 bits per heavy atom. The molecule has 0 amide bonds. The normalized spacial score (nSPS) is 4.20. The van der Waals surface area contributed by atoms with Crippen LogP contribution in [-0.4, -0.2) is 23.7 Å². The second kappa shape index (κ2) is 18.3. The zero-order valence-electron chi connectivity index (χ0n) is 2.10. The molecular weight excluding hydrogens is 307 g/mol. The van der Waals surface area contributed by atoms with E-state index in [1.807, 2.05) is 0 Å². The summed E-state index contributed by atoms with van der Waals surface area (Å²) in [6, 6.07) is 0. The maximum atomic E-state index is 8.24. The topological polar surface area (TPSA) is 46.1 Å². The van der Waals surface area contributed by atoms with Crippen LogP contribution in [-0.2, 0) is 0 Å². The van der Waals surface area contributed by atoms with E-state index in [-0.39, 0.29) is 0 Å². The average Bonchev–Trinajstić information content (AvgIpc) is 1.46. The molecular formula is ClO2PbS. The summed E-state index contributed by atoms with van der Waals surface area (Å²) in [6.07, 6.45) is 0. The van der Waals surface area contributed by atoms with Gasteiger partial charge in [0.25, 0.3) is 0 Å². The van der Waals surface area contributed by atoms with Crippen molar-refractivity contribution in [2.24, 2.45) is 0 Å². The van der Waals surface area contributed by atoms with Crippen LogP contribution in [0.3, 0.4) is 0 Å². The van der Waals surface area contributed by atoms with E-state index in [1.165, 1.54) is 0 Å². The van der Waals surface area contributed by atoms with Gasteiger partial charge in [-0.05, 0) is 0 Å². The molecule has 0 saturated carbocycles. The molecule has 0 atom stereocenters. The van der Waals surface area contributed by atoms with Gasteiger partial charge in [0.15, 0.2) is 0 Å². The van der Waals surface area contributed by atoms with Gasteiger partial charge in [-0.3, -0.25) is 0 Å². The zero-order valence-corrected chi connectivity index (χ0v) is 7.56. The Morgan fingerprint density at radius 3 is 1.40 bits per heavy atom. The summed E-state index contributed by atoms with van der Waals surface area (Å²) >= 11 is 0.472. The van der Waals surface area contributed by atoms with Crippen molar-refractivity contribution in [3.63, 3.8) is 0 Å². The average molecular weight is 307 g/mol. The molecule has 5 heavy (non-hydrogen) atoms. The monoisotopic (exact) mass is 307 g/mol. The summed E-state index contributed by atoms with van der Waals surface area (Å²) < 4.78 is 16.5. The van der Waals surface area contributed by atoms with Crippen LogP contribution in [0, 0.1) is 11.3 Å². The molecule has 0 aromatic heterocycles. The molecule has 0 unspecified atom stereocenters. The van der Waals surface area contributed by atoms with E-state index in [4.69, 9.17) is 9.32 Å². The van der Waals surface area contributed by atoms with Crippen molar-refractivity contribution in [3.8, 4) is 0 Å². The van der Waals surface area contributed by atoms with Gasteiger partial charge in [0.1, 0.15) is 0 Å². The molecule has 0 aliphatic heterocycles. The van der Waals surface area contributed by atoms with Crippen LogP contribution in [0.5, 0.6) is 0 Å². The van der Waals surface area contributed by atoms with Crippen molar-refractivity contribution in [2.45, 2.75) is 0 Å². The molecule has 29 valence electrons. The third-order valence-electron chi connectivity index (χ3n) is 0. The summed E-state index contributed by atoms with van der Waals surface area (Å²) in [5.74, 6) is 0. The van der Waals surface area contributed by atoms with E-state index < -0.39 is 11.3 Å². The molecule has 0 heterocycles. The summed E-state index contributed by atoms with van der Waals surface area (Å²) in [5, 5.41) is 0. The molecule has 0 fully saturated rings. The van der Waals surface area contributed by atoms with Gasteiger partial charge in [0.2, 0.25) is 0 Å². The Hall–Kier alpha value is 1.35. The second-order valence-electron chi connectivity index (χ2n) is 0.0630. The predicted octanol–water partition coefficient (Wildman–Crippen LogP) is -2.11. The fourth-order valence-corrected chi connectivity index (χ4v) is 0. The quantitative estimate of drug-likeness (QED) is 0.481. The Balaban J connectivity index is 0. The molecule has 0 aliphatic carbocycles. The maximum absolute atomic E-state index is 8.24. The van der Waals surface area contributed by atoms with E-state index in [2.05, 4.69) is 8.65 Å². The Labute approximate surface area is 52.8 Å². The van der Waals surface area contributed by atoms with E-state index in [9.17, 15) is 0 Å². The second-order valence-corrected chi connectivity index (χ2v) is 0.189.